The number of para-hydroxylation sites is 2. The van der Waals surface area contributed by atoms with E-state index in [9.17, 15) is 0 Å². The van der Waals surface area contributed by atoms with Gasteiger partial charge >= 0.3 is 0 Å². The van der Waals surface area contributed by atoms with E-state index in [2.05, 4.69) is 139 Å². The third-order valence-electron chi connectivity index (χ3n) is 7.32. The van der Waals surface area contributed by atoms with E-state index in [1.807, 2.05) is 0 Å². The smallest absolute Gasteiger partial charge is 0.0541 e. The lowest BCUT2D eigenvalue weighted by atomic mass is 10.0. The number of allylic oxidation sites excluding steroid dienone is 1. The minimum atomic E-state index is 1.03. The van der Waals surface area contributed by atoms with Crippen molar-refractivity contribution in [3.05, 3.63) is 121 Å². The Labute approximate surface area is 210 Å². The van der Waals surface area contributed by atoms with Gasteiger partial charge < -0.3 is 9.13 Å². The standard InChI is InChI=1S/C34H26N2/c1-22(2)35-32-16-13-23(3)19-28(32)30-21-25(14-17-33(30)35)24-15-18-34-29(20-24)27-11-7-8-12-31(27)36(34)26-9-5-4-6-10-26/h4-21H,1H2,2-3H3. The van der Waals surface area contributed by atoms with Gasteiger partial charge in [-0.1, -0.05) is 66.7 Å². The molecule has 0 radical (unpaired) electrons. The lowest BCUT2D eigenvalue weighted by Crippen LogP contribution is -1.92. The molecule has 0 N–H and O–H groups in total. The number of nitrogens with zero attached hydrogens (tertiary/aromatic N) is 2. The highest BCUT2D eigenvalue weighted by Gasteiger charge is 2.15. The third-order valence-corrected chi connectivity index (χ3v) is 7.32. The molecule has 0 saturated carbocycles. The first-order valence-electron chi connectivity index (χ1n) is 12.4. The zero-order valence-corrected chi connectivity index (χ0v) is 20.5. The maximum absolute atomic E-state index is 4.25. The summed E-state index contributed by atoms with van der Waals surface area (Å²) in [5.74, 6) is 0. The van der Waals surface area contributed by atoms with Crippen LogP contribution in [0.25, 0.3) is 66.1 Å². The van der Waals surface area contributed by atoms with Gasteiger partial charge in [0.25, 0.3) is 0 Å². The van der Waals surface area contributed by atoms with Crippen molar-refractivity contribution >= 4 is 49.3 Å². The molecule has 0 bridgehead atoms. The zero-order chi connectivity index (χ0) is 24.4. The second-order valence-electron chi connectivity index (χ2n) is 9.74. The second-order valence-corrected chi connectivity index (χ2v) is 9.74. The van der Waals surface area contributed by atoms with Crippen molar-refractivity contribution in [3.8, 4) is 16.8 Å². The molecule has 2 heterocycles. The Hall–Kier alpha value is -4.56. The highest BCUT2D eigenvalue weighted by atomic mass is 15.0. The average molecular weight is 463 g/mol. The van der Waals surface area contributed by atoms with Crippen LogP contribution in [0, 0.1) is 6.92 Å². The predicted molar refractivity (Wildman–Crippen MR) is 155 cm³/mol. The zero-order valence-electron chi connectivity index (χ0n) is 20.5. The van der Waals surface area contributed by atoms with Crippen molar-refractivity contribution in [3.63, 3.8) is 0 Å². The van der Waals surface area contributed by atoms with E-state index in [0.717, 1.165) is 5.70 Å². The van der Waals surface area contributed by atoms with Gasteiger partial charge in [0, 0.05) is 32.9 Å². The Balaban J connectivity index is 1.49. The molecule has 0 aliphatic rings. The fourth-order valence-corrected chi connectivity index (χ4v) is 5.74. The topological polar surface area (TPSA) is 9.86 Å². The van der Waals surface area contributed by atoms with Crippen molar-refractivity contribution in [1.29, 1.82) is 0 Å². The number of rotatable bonds is 3. The Bertz CT molecular complexity index is 1970. The number of hydrogen-bond acceptors (Lipinski definition) is 0. The van der Waals surface area contributed by atoms with E-state index in [4.69, 9.17) is 0 Å². The first kappa shape index (κ1) is 20.8. The molecule has 2 nitrogen and oxygen atoms in total. The summed E-state index contributed by atoms with van der Waals surface area (Å²) < 4.78 is 4.63. The molecule has 0 atom stereocenters. The van der Waals surface area contributed by atoms with Gasteiger partial charge in [0.15, 0.2) is 0 Å². The molecular formula is C34H26N2. The summed E-state index contributed by atoms with van der Waals surface area (Å²) in [7, 11) is 0. The van der Waals surface area contributed by atoms with Crippen LogP contribution >= 0.6 is 0 Å². The van der Waals surface area contributed by atoms with Gasteiger partial charge in [-0.15, -0.1) is 0 Å². The molecule has 7 aromatic rings. The molecule has 5 aromatic carbocycles. The highest BCUT2D eigenvalue weighted by Crippen LogP contribution is 2.38. The Morgan fingerprint density at radius 3 is 1.83 bits per heavy atom. The van der Waals surface area contributed by atoms with Crippen molar-refractivity contribution in [2.24, 2.45) is 0 Å². The Kier molecular flexibility index (Phi) is 4.46. The van der Waals surface area contributed by atoms with E-state index < -0.39 is 0 Å². The first-order chi connectivity index (χ1) is 17.6. The Morgan fingerprint density at radius 1 is 0.556 bits per heavy atom. The van der Waals surface area contributed by atoms with Crippen LogP contribution in [0.2, 0.25) is 0 Å². The van der Waals surface area contributed by atoms with Crippen LogP contribution in [0.5, 0.6) is 0 Å². The number of aromatic nitrogens is 2. The molecule has 0 unspecified atom stereocenters. The summed E-state index contributed by atoms with van der Waals surface area (Å²) in [6, 6.07) is 39.7. The molecule has 2 aromatic heterocycles. The monoisotopic (exact) mass is 462 g/mol. The van der Waals surface area contributed by atoms with Crippen LogP contribution in [-0.4, -0.2) is 9.13 Å². The van der Waals surface area contributed by atoms with Crippen LogP contribution in [0.1, 0.15) is 12.5 Å². The van der Waals surface area contributed by atoms with Gasteiger partial charge in [-0.2, -0.15) is 0 Å². The molecule has 36 heavy (non-hydrogen) atoms. The SMILES string of the molecule is C=C(C)n1c2ccc(C)cc2c2cc(-c3ccc4c(c3)c3ccccc3n4-c3ccccc3)ccc21. The van der Waals surface area contributed by atoms with Gasteiger partial charge in [-0.25, -0.2) is 0 Å². The maximum Gasteiger partial charge on any atom is 0.0541 e. The minimum absolute atomic E-state index is 1.03. The fraction of sp³-hybridized carbons (Fsp3) is 0.0588. The van der Waals surface area contributed by atoms with Crippen LogP contribution in [0.15, 0.2) is 116 Å². The van der Waals surface area contributed by atoms with Crippen molar-refractivity contribution in [1.82, 2.24) is 9.13 Å². The summed E-state index contributed by atoms with van der Waals surface area (Å²) >= 11 is 0. The van der Waals surface area contributed by atoms with Crippen molar-refractivity contribution in [2.45, 2.75) is 13.8 Å². The van der Waals surface area contributed by atoms with Gasteiger partial charge in [0.2, 0.25) is 0 Å². The molecular weight excluding hydrogens is 436 g/mol. The molecule has 7 rings (SSSR count). The van der Waals surface area contributed by atoms with E-state index in [1.165, 1.54) is 66.0 Å². The lowest BCUT2D eigenvalue weighted by molar-refractivity contribution is 1.18. The molecule has 0 spiro atoms. The minimum Gasteiger partial charge on any atom is -0.314 e. The molecule has 0 aliphatic heterocycles. The molecule has 2 heteroatoms. The van der Waals surface area contributed by atoms with E-state index in [0.29, 0.717) is 0 Å². The summed E-state index contributed by atoms with van der Waals surface area (Å²) in [6.07, 6.45) is 0. The van der Waals surface area contributed by atoms with Gasteiger partial charge in [-0.3, -0.25) is 0 Å². The fourth-order valence-electron chi connectivity index (χ4n) is 5.74. The summed E-state index contributed by atoms with van der Waals surface area (Å²) in [5, 5.41) is 5.08. The van der Waals surface area contributed by atoms with Crippen LogP contribution in [0.4, 0.5) is 0 Å². The van der Waals surface area contributed by atoms with Gasteiger partial charge in [0.1, 0.15) is 0 Å². The molecule has 0 amide bonds. The predicted octanol–water partition coefficient (Wildman–Crippen LogP) is 9.36. The van der Waals surface area contributed by atoms with Crippen LogP contribution in [-0.2, 0) is 0 Å². The summed E-state index contributed by atoms with van der Waals surface area (Å²) in [6.45, 7) is 8.48. The largest absolute Gasteiger partial charge is 0.314 e. The Morgan fingerprint density at radius 2 is 1.11 bits per heavy atom. The molecule has 0 aliphatic carbocycles. The summed E-state index contributed by atoms with van der Waals surface area (Å²) in [4.78, 5) is 0. The first-order valence-corrected chi connectivity index (χ1v) is 12.4. The van der Waals surface area contributed by atoms with Crippen molar-refractivity contribution < 1.29 is 0 Å². The third kappa shape index (κ3) is 2.98. The van der Waals surface area contributed by atoms with E-state index in [-0.39, 0.29) is 0 Å². The number of benzene rings is 5. The molecule has 0 saturated heterocycles. The number of fused-ring (bicyclic) bond motifs is 6. The van der Waals surface area contributed by atoms with E-state index >= 15 is 0 Å². The van der Waals surface area contributed by atoms with Crippen LogP contribution in [0.3, 0.4) is 0 Å². The van der Waals surface area contributed by atoms with Crippen LogP contribution < -0.4 is 0 Å². The number of hydrogen-bond donors (Lipinski definition) is 0. The van der Waals surface area contributed by atoms with Gasteiger partial charge in [0.05, 0.1) is 22.1 Å². The molecule has 0 fully saturated rings. The van der Waals surface area contributed by atoms with Gasteiger partial charge in [-0.05, 0) is 79.6 Å². The highest BCUT2D eigenvalue weighted by molar-refractivity contribution is 6.13. The lowest BCUT2D eigenvalue weighted by Gasteiger charge is -2.09. The van der Waals surface area contributed by atoms with Crippen molar-refractivity contribution in [2.75, 3.05) is 0 Å². The normalized spacial score (nSPS) is 11.7. The van der Waals surface area contributed by atoms with E-state index in [1.54, 1.807) is 0 Å². The molecule has 172 valence electrons. The average Bonchev–Trinajstić information content (AvgIpc) is 3.41. The number of aryl methyl sites for hydroxylation is 1. The second kappa shape index (κ2) is 7.73. The summed E-state index contributed by atoms with van der Waals surface area (Å²) in [5.41, 5.74) is 10.8. The quantitative estimate of drug-likeness (QED) is 0.247. The maximum atomic E-state index is 4.25.